The van der Waals surface area contributed by atoms with Gasteiger partial charge in [-0.1, -0.05) is 6.07 Å². The van der Waals surface area contributed by atoms with E-state index in [0.29, 0.717) is 30.6 Å². The number of anilines is 1. The number of aliphatic carboxylic acids is 1. The minimum Gasteiger partial charge on any atom is -0.493 e. The molecule has 8 nitrogen and oxygen atoms in total. The van der Waals surface area contributed by atoms with Gasteiger partial charge in [-0.15, -0.1) is 0 Å². The van der Waals surface area contributed by atoms with Crippen LogP contribution in [0, 0.1) is 17.5 Å². The Labute approximate surface area is 226 Å². The fourth-order valence-corrected chi connectivity index (χ4v) is 5.43. The molecule has 0 bridgehead atoms. The third kappa shape index (κ3) is 6.54. The maximum Gasteiger partial charge on any atom is 0.490 e. The molecule has 1 aliphatic carbocycles. The lowest BCUT2D eigenvalue weighted by Crippen LogP contribution is -2.52. The molecule has 1 saturated carbocycles. The fourth-order valence-electron chi connectivity index (χ4n) is 5.43. The van der Waals surface area contributed by atoms with E-state index in [2.05, 4.69) is 15.5 Å². The summed E-state index contributed by atoms with van der Waals surface area (Å²) in [4.78, 5) is 23.5. The van der Waals surface area contributed by atoms with E-state index in [0.717, 1.165) is 31.2 Å². The zero-order valence-corrected chi connectivity index (χ0v) is 21.9. The van der Waals surface area contributed by atoms with Crippen molar-refractivity contribution in [2.75, 3.05) is 33.1 Å². The highest BCUT2D eigenvalue weighted by atomic mass is 19.4. The van der Waals surface area contributed by atoms with E-state index < -0.39 is 41.0 Å². The molecule has 14 heteroatoms. The molecule has 3 atom stereocenters. The molecule has 40 heavy (non-hydrogen) atoms. The minimum absolute atomic E-state index is 0.00458. The highest BCUT2D eigenvalue weighted by Crippen LogP contribution is 2.51. The summed E-state index contributed by atoms with van der Waals surface area (Å²) in [5.41, 5.74) is -0.0379. The predicted octanol–water partition coefficient (Wildman–Crippen LogP) is 5.07. The van der Waals surface area contributed by atoms with Crippen LogP contribution in [-0.4, -0.2) is 68.1 Å². The van der Waals surface area contributed by atoms with Gasteiger partial charge < -0.3 is 30.1 Å². The zero-order chi connectivity index (χ0) is 29.8. The number of hydrogen-bond donors (Lipinski definition) is 3. The number of fused-ring (bicyclic) bond motifs is 1. The summed E-state index contributed by atoms with van der Waals surface area (Å²) in [5.74, 6) is -4.09. The van der Waals surface area contributed by atoms with Crippen molar-refractivity contribution in [3.05, 3.63) is 53.3 Å². The van der Waals surface area contributed by atoms with E-state index in [1.165, 1.54) is 14.2 Å². The lowest BCUT2D eigenvalue weighted by molar-refractivity contribution is -0.192. The molecule has 4 rings (SSSR count). The van der Waals surface area contributed by atoms with Crippen molar-refractivity contribution < 1.29 is 50.5 Å². The van der Waals surface area contributed by atoms with Crippen LogP contribution in [0.15, 0.2) is 30.3 Å². The molecule has 0 unspecified atom stereocenters. The average molecular weight is 578 g/mol. The molecule has 0 spiro atoms. The summed E-state index contributed by atoms with van der Waals surface area (Å²) in [6.45, 7) is 0.797. The number of alkyl halides is 3. The Bertz CT molecular complexity index is 1240. The monoisotopic (exact) mass is 577 g/mol. The number of hydrogen-bond acceptors (Lipinski definition) is 5. The van der Waals surface area contributed by atoms with E-state index in [9.17, 15) is 26.7 Å². The third-order valence-corrected chi connectivity index (χ3v) is 7.30. The molecule has 1 heterocycles. The molecule has 2 aliphatic rings. The van der Waals surface area contributed by atoms with Gasteiger partial charge in [-0.05, 0) is 63.0 Å². The molecular weight excluding hydrogens is 548 g/mol. The standard InChI is InChI=1S/C24H28F3N3O3.C2HF3O2/c1-30-11-10-24(16-5-7-19(32-2)22(33-3)21(16)27)9-8-15(13-20(24)30)28-23(31)29-18-12-14(25)4-6-17(18)26;3-2(4,5)1(6)7/h4-7,12,15,20H,8-11,13H2,1-3H3,(H2,28,29,31);(H,6,7)/t15-,20+,24+;/m1./s1. The lowest BCUT2D eigenvalue weighted by atomic mass is 9.65. The summed E-state index contributed by atoms with van der Waals surface area (Å²) in [6.07, 6.45) is -2.41. The van der Waals surface area contributed by atoms with Gasteiger partial charge in [0.15, 0.2) is 17.3 Å². The molecule has 2 aromatic rings. The normalized spacial score (nSPS) is 22.4. The van der Waals surface area contributed by atoms with Gasteiger partial charge in [0.05, 0.1) is 19.9 Å². The van der Waals surface area contributed by atoms with Crippen LogP contribution in [0.3, 0.4) is 0 Å². The molecule has 0 aromatic heterocycles. The van der Waals surface area contributed by atoms with E-state index in [1.807, 2.05) is 7.05 Å². The van der Waals surface area contributed by atoms with Crippen molar-refractivity contribution in [3.63, 3.8) is 0 Å². The van der Waals surface area contributed by atoms with E-state index in [4.69, 9.17) is 19.4 Å². The first-order chi connectivity index (χ1) is 18.7. The highest BCUT2D eigenvalue weighted by molar-refractivity contribution is 5.89. The zero-order valence-electron chi connectivity index (χ0n) is 21.9. The Balaban J connectivity index is 0.000000559. The molecule has 3 N–H and O–H groups in total. The van der Waals surface area contributed by atoms with E-state index in [-0.39, 0.29) is 23.5 Å². The number of carboxylic acid groups (broad SMARTS) is 1. The number of ether oxygens (including phenoxy) is 2. The van der Waals surface area contributed by atoms with Gasteiger partial charge in [-0.2, -0.15) is 13.2 Å². The number of amides is 2. The largest absolute Gasteiger partial charge is 0.493 e. The summed E-state index contributed by atoms with van der Waals surface area (Å²) < 4.78 is 85.0. The number of carbonyl (C=O) groups excluding carboxylic acids is 1. The SMILES string of the molecule is COc1ccc([C@@]23CC[C@@H](NC(=O)Nc4cc(F)ccc4F)C[C@@H]2N(C)CC3)c(F)c1OC.O=C(O)C(F)(F)F. The third-order valence-electron chi connectivity index (χ3n) is 7.30. The Morgan fingerprint density at radius 1 is 1.07 bits per heavy atom. The number of nitrogens with one attached hydrogen (secondary N) is 2. The predicted molar refractivity (Wildman–Crippen MR) is 132 cm³/mol. The highest BCUT2D eigenvalue weighted by Gasteiger charge is 2.52. The molecule has 2 aromatic carbocycles. The van der Waals surface area contributed by atoms with Crippen LogP contribution < -0.4 is 20.1 Å². The van der Waals surface area contributed by atoms with Crippen molar-refractivity contribution in [1.29, 1.82) is 0 Å². The number of carboxylic acids is 1. The summed E-state index contributed by atoms with van der Waals surface area (Å²) in [5, 5.41) is 12.4. The first kappa shape index (κ1) is 30.9. The molecule has 220 valence electrons. The Hall–Kier alpha value is -3.68. The average Bonchev–Trinajstić information content (AvgIpc) is 3.22. The number of halogens is 6. The number of rotatable bonds is 5. The molecule has 2 amide bonds. The first-order valence-corrected chi connectivity index (χ1v) is 12.2. The van der Waals surface area contributed by atoms with Crippen molar-refractivity contribution in [2.24, 2.45) is 0 Å². The van der Waals surface area contributed by atoms with Gasteiger partial charge >= 0.3 is 18.2 Å². The van der Waals surface area contributed by atoms with Crippen LogP contribution in [-0.2, 0) is 10.2 Å². The number of urea groups is 1. The van der Waals surface area contributed by atoms with Crippen molar-refractivity contribution in [3.8, 4) is 11.5 Å². The second kappa shape index (κ2) is 12.2. The van der Waals surface area contributed by atoms with Crippen LogP contribution in [0.2, 0.25) is 0 Å². The fraction of sp³-hybridized carbons (Fsp3) is 0.462. The molecule has 0 radical (unpaired) electrons. The van der Waals surface area contributed by atoms with Crippen molar-refractivity contribution >= 4 is 17.7 Å². The van der Waals surface area contributed by atoms with Crippen LogP contribution in [0.25, 0.3) is 0 Å². The number of likely N-dealkylation sites (N-methyl/N-ethyl adjacent to an activating group) is 1. The van der Waals surface area contributed by atoms with E-state index >= 15 is 4.39 Å². The molecule has 1 aliphatic heterocycles. The van der Waals surface area contributed by atoms with Gasteiger partial charge in [-0.3, -0.25) is 0 Å². The second-order valence-corrected chi connectivity index (χ2v) is 9.56. The van der Waals surface area contributed by atoms with Crippen molar-refractivity contribution in [2.45, 2.75) is 49.4 Å². The van der Waals surface area contributed by atoms with Gasteiger partial charge in [0, 0.05) is 23.6 Å². The lowest BCUT2D eigenvalue weighted by Gasteiger charge is -2.45. The van der Waals surface area contributed by atoms with Crippen molar-refractivity contribution in [1.82, 2.24) is 10.2 Å². The van der Waals surface area contributed by atoms with Crippen LogP contribution in [0.5, 0.6) is 11.5 Å². The summed E-state index contributed by atoms with van der Waals surface area (Å²) in [7, 11) is 4.89. The Kier molecular flexibility index (Phi) is 9.44. The first-order valence-electron chi connectivity index (χ1n) is 12.2. The van der Waals surface area contributed by atoms with E-state index in [1.54, 1.807) is 12.1 Å². The minimum atomic E-state index is -5.08. The van der Waals surface area contributed by atoms with Gasteiger partial charge in [0.1, 0.15) is 11.6 Å². The summed E-state index contributed by atoms with van der Waals surface area (Å²) >= 11 is 0. The number of benzene rings is 2. The number of likely N-dealkylation sites (tertiary alicyclic amines) is 1. The molecule has 2 fully saturated rings. The topological polar surface area (TPSA) is 100 Å². The molecular formula is C26H29F6N3O5. The maximum atomic E-state index is 15.5. The van der Waals surface area contributed by atoms with Crippen LogP contribution >= 0.6 is 0 Å². The van der Waals surface area contributed by atoms with Gasteiger partial charge in [0.25, 0.3) is 0 Å². The van der Waals surface area contributed by atoms with Crippen LogP contribution in [0.1, 0.15) is 31.2 Å². The Morgan fingerprint density at radius 2 is 1.75 bits per heavy atom. The molecule has 1 saturated heterocycles. The quantitative estimate of drug-likeness (QED) is 0.430. The number of nitrogens with zero attached hydrogens (tertiary/aromatic N) is 1. The second-order valence-electron chi connectivity index (χ2n) is 9.56. The smallest absolute Gasteiger partial charge is 0.490 e. The Morgan fingerprint density at radius 3 is 2.35 bits per heavy atom. The maximum absolute atomic E-state index is 15.5. The number of methoxy groups -OCH3 is 2. The van der Waals surface area contributed by atoms with Crippen LogP contribution in [0.4, 0.5) is 36.8 Å². The van der Waals surface area contributed by atoms with Gasteiger partial charge in [0.2, 0.25) is 0 Å². The summed E-state index contributed by atoms with van der Waals surface area (Å²) in [6, 6.07) is 5.59. The van der Waals surface area contributed by atoms with Gasteiger partial charge in [-0.25, -0.2) is 22.8 Å². The number of carbonyl (C=O) groups is 2.